The van der Waals surface area contributed by atoms with Crippen LogP contribution in [-0.2, 0) is 0 Å². The first kappa shape index (κ1) is 10.3. The molecule has 3 heteroatoms. The largest absolute Gasteiger partial charge is 0.361 e. The molecule has 1 aromatic carbocycles. The molecule has 80 valence electrons. The summed E-state index contributed by atoms with van der Waals surface area (Å²) >= 11 is 0. The van der Waals surface area contributed by atoms with E-state index in [1.807, 2.05) is 30.5 Å². The van der Waals surface area contributed by atoms with Gasteiger partial charge < -0.3 is 9.88 Å². The molecular formula is C13H12N2O. The number of rotatable bonds is 2. The minimum absolute atomic E-state index is 0.0526. The Balaban J connectivity index is 2.44. The molecule has 0 radical (unpaired) electrons. The zero-order valence-electron chi connectivity index (χ0n) is 9.03. The minimum Gasteiger partial charge on any atom is -0.361 e. The highest BCUT2D eigenvalue weighted by Gasteiger charge is 2.13. The lowest BCUT2D eigenvalue weighted by Gasteiger charge is -2.14. The van der Waals surface area contributed by atoms with E-state index in [1.165, 1.54) is 4.90 Å². The molecule has 0 atom stereocenters. The number of hydrogen-bond donors (Lipinski definition) is 1. The van der Waals surface area contributed by atoms with E-state index in [9.17, 15) is 4.79 Å². The highest BCUT2D eigenvalue weighted by atomic mass is 16.2. The van der Waals surface area contributed by atoms with Crippen molar-refractivity contribution in [1.82, 2.24) is 9.88 Å². The molecule has 1 amide bonds. The van der Waals surface area contributed by atoms with E-state index in [4.69, 9.17) is 6.42 Å². The van der Waals surface area contributed by atoms with Crippen LogP contribution in [0.4, 0.5) is 0 Å². The number of terminal acetylenes is 1. The second-order valence-electron chi connectivity index (χ2n) is 3.61. The van der Waals surface area contributed by atoms with Gasteiger partial charge in [-0.25, -0.2) is 0 Å². The van der Waals surface area contributed by atoms with E-state index < -0.39 is 0 Å². The zero-order chi connectivity index (χ0) is 11.5. The number of aromatic nitrogens is 1. The zero-order valence-corrected chi connectivity index (χ0v) is 9.03. The van der Waals surface area contributed by atoms with Crippen LogP contribution in [0.1, 0.15) is 10.4 Å². The van der Waals surface area contributed by atoms with Gasteiger partial charge in [0.2, 0.25) is 0 Å². The van der Waals surface area contributed by atoms with Gasteiger partial charge in [-0.05, 0) is 18.2 Å². The molecule has 1 N–H and O–H groups in total. The number of H-pyrrole nitrogens is 1. The van der Waals surface area contributed by atoms with Crippen molar-refractivity contribution >= 4 is 16.8 Å². The Hall–Kier alpha value is -2.21. The molecule has 1 heterocycles. The number of carbonyl (C=O) groups excluding carboxylic acids is 1. The van der Waals surface area contributed by atoms with Crippen molar-refractivity contribution < 1.29 is 4.79 Å². The summed E-state index contributed by atoms with van der Waals surface area (Å²) in [6.45, 7) is 0.319. The molecule has 16 heavy (non-hydrogen) atoms. The van der Waals surface area contributed by atoms with Crippen molar-refractivity contribution in [1.29, 1.82) is 0 Å². The molecule has 3 nitrogen and oxygen atoms in total. The molecule has 0 bridgehead atoms. The number of amides is 1. The van der Waals surface area contributed by atoms with Gasteiger partial charge in [0.15, 0.2) is 0 Å². The third kappa shape index (κ3) is 1.66. The molecular weight excluding hydrogens is 200 g/mol. The van der Waals surface area contributed by atoms with Gasteiger partial charge in [0.25, 0.3) is 5.91 Å². The number of nitrogens with one attached hydrogen (secondary N) is 1. The first-order valence-corrected chi connectivity index (χ1v) is 4.99. The molecule has 1 aromatic heterocycles. The summed E-state index contributed by atoms with van der Waals surface area (Å²) in [5.41, 5.74) is 1.64. The Bertz CT molecular complexity index is 563. The van der Waals surface area contributed by atoms with Gasteiger partial charge in [-0.2, -0.15) is 0 Å². The van der Waals surface area contributed by atoms with Crippen LogP contribution in [-0.4, -0.2) is 29.4 Å². The maximum Gasteiger partial charge on any atom is 0.255 e. The molecule has 0 aliphatic carbocycles. The van der Waals surface area contributed by atoms with Crippen LogP contribution in [0.3, 0.4) is 0 Å². The topological polar surface area (TPSA) is 36.1 Å². The van der Waals surface area contributed by atoms with E-state index in [2.05, 4.69) is 10.9 Å². The van der Waals surface area contributed by atoms with Crippen molar-refractivity contribution in [2.45, 2.75) is 0 Å². The average Bonchev–Trinajstić information content (AvgIpc) is 2.76. The van der Waals surface area contributed by atoms with E-state index in [0.29, 0.717) is 12.1 Å². The molecule has 2 rings (SSSR count). The van der Waals surface area contributed by atoms with Gasteiger partial charge >= 0.3 is 0 Å². The standard InChI is InChI=1S/C13H12N2O/c1-3-9-15(2)13(16)11-5-4-6-12-10(11)7-8-14-12/h1,4-8,14H,9H2,2H3. The minimum atomic E-state index is -0.0526. The normalized spacial score (nSPS) is 10.0. The summed E-state index contributed by atoms with van der Waals surface area (Å²) in [5.74, 6) is 2.40. The lowest BCUT2D eigenvalue weighted by atomic mass is 10.1. The maximum atomic E-state index is 12.1. The fourth-order valence-electron chi connectivity index (χ4n) is 1.69. The Morgan fingerprint density at radius 2 is 2.31 bits per heavy atom. The molecule has 0 saturated carbocycles. The van der Waals surface area contributed by atoms with Crippen LogP contribution in [0.15, 0.2) is 30.5 Å². The summed E-state index contributed by atoms with van der Waals surface area (Å²) in [6, 6.07) is 7.50. The van der Waals surface area contributed by atoms with Crippen molar-refractivity contribution in [2.75, 3.05) is 13.6 Å². The van der Waals surface area contributed by atoms with E-state index >= 15 is 0 Å². The van der Waals surface area contributed by atoms with Crippen molar-refractivity contribution in [2.24, 2.45) is 0 Å². The Kier molecular flexibility index (Phi) is 2.65. The molecule has 0 fully saturated rings. The van der Waals surface area contributed by atoms with Crippen LogP contribution in [0, 0.1) is 12.3 Å². The van der Waals surface area contributed by atoms with Gasteiger partial charge in [-0.3, -0.25) is 4.79 Å². The monoisotopic (exact) mass is 212 g/mol. The van der Waals surface area contributed by atoms with Crippen LogP contribution < -0.4 is 0 Å². The maximum absolute atomic E-state index is 12.1. The van der Waals surface area contributed by atoms with E-state index in [0.717, 1.165) is 10.9 Å². The number of fused-ring (bicyclic) bond motifs is 1. The predicted octanol–water partition coefficient (Wildman–Crippen LogP) is 1.87. The number of aromatic amines is 1. The third-order valence-electron chi connectivity index (χ3n) is 2.50. The molecule has 0 aliphatic rings. The van der Waals surface area contributed by atoms with Crippen molar-refractivity contribution in [3.05, 3.63) is 36.0 Å². The van der Waals surface area contributed by atoms with Crippen molar-refractivity contribution in [3.63, 3.8) is 0 Å². The van der Waals surface area contributed by atoms with E-state index in [1.54, 1.807) is 7.05 Å². The highest BCUT2D eigenvalue weighted by molar-refractivity contribution is 6.06. The lowest BCUT2D eigenvalue weighted by molar-refractivity contribution is 0.0814. The number of carbonyl (C=O) groups is 1. The number of hydrogen-bond acceptors (Lipinski definition) is 1. The first-order valence-electron chi connectivity index (χ1n) is 4.99. The summed E-state index contributed by atoms with van der Waals surface area (Å²) in [4.78, 5) is 16.7. The molecule has 0 unspecified atom stereocenters. The van der Waals surface area contributed by atoms with E-state index in [-0.39, 0.29) is 5.91 Å². The van der Waals surface area contributed by atoms with Gasteiger partial charge in [-0.15, -0.1) is 6.42 Å². The smallest absolute Gasteiger partial charge is 0.255 e. The fourth-order valence-corrected chi connectivity index (χ4v) is 1.69. The van der Waals surface area contributed by atoms with Crippen LogP contribution in [0.5, 0.6) is 0 Å². The summed E-state index contributed by atoms with van der Waals surface area (Å²) in [6.07, 6.45) is 7.01. The van der Waals surface area contributed by atoms with Gasteiger partial charge in [-0.1, -0.05) is 12.0 Å². The SMILES string of the molecule is C#CCN(C)C(=O)c1cccc2[nH]ccc12. The van der Waals surface area contributed by atoms with Crippen LogP contribution in [0.2, 0.25) is 0 Å². The molecule has 0 aliphatic heterocycles. The Morgan fingerprint density at radius 1 is 1.50 bits per heavy atom. The van der Waals surface area contributed by atoms with Crippen molar-refractivity contribution in [3.8, 4) is 12.3 Å². The average molecular weight is 212 g/mol. The summed E-state index contributed by atoms with van der Waals surface area (Å²) in [7, 11) is 1.70. The fraction of sp³-hybridized carbons (Fsp3) is 0.154. The molecule has 0 saturated heterocycles. The summed E-state index contributed by atoms with van der Waals surface area (Å²) in [5, 5.41) is 0.927. The van der Waals surface area contributed by atoms with Gasteiger partial charge in [0.05, 0.1) is 6.54 Å². The quantitative estimate of drug-likeness (QED) is 0.758. The summed E-state index contributed by atoms with van der Waals surface area (Å²) < 4.78 is 0. The van der Waals surface area contributed by atoms with Gasteiger partial charge in [0.1, 0.15) is 0 Å². The van der Waals surface area contributed by atoms with Crippen LogP contribution in [0.25, 0.3) is 10.9 Å². The van der Waals surface area contributed by atoms with Gasteiger partial charge in [0, 0.05) is 29.7 Å². The third-order valence-corrected chi connectivity index (χ3v) is 2.50. The Labute approximate surface area is 94.1 Å². The molecule has 0 spiro atoms. The second-order valence-corrected chi connectivity index (χ2v) is 3.61. The molecule has 2 aromatic rings. The predicted molar refractivity (Wildman–Crippen MR) is 64.1 cm³/mol. The lowest BCUT2D eigenvalue weighted by Crippen LogP contribution is -2.27. The highest BCUT2D eigenvalue weighted by Crippen LogP contribution is 2.18. The first-order chi connectivity index (χ1) is 7.74. The number of nitrogens with zero attached hydrogens (tertiary/aromatic N) is 1. The van der Waals surface area contributed by atoms with Crippen LogP contribution >= 0.6 is 0 Å². The second kappa shape index (κ2) is 4.11. The number of benzene rings is 1. The Morgan fingerprint density at radius 3 is 3.06 bits per heavy atom.